The van der Waals surface area contributed by atoms with Crippen LogP contribution in [0.15, 0.2) is 24.0 Å². The van der Waals surface area contributed by atoms with Crippen LogP contribution in [0.3, 0.4) is 0 Å². The monoisotopic (exact) mass is 182 g/mol. The molecule has 1 aliphatic rings. The van der Waals surface area contributed by atoms with Gasteiger partial charge in [-0.2, -0.15) is 0 Å². The number of Topliss-reactive ketones (excluding diaryl/α,β-unsaturated/α-hetero) is 1. The van der Waals surface area contributed by atoms with Crippen molar-refractivity contribution in [3.63, 3.8) is 0 Å². The van der Waals surface area contributed by atoms with Gasteiger partial charge in [0.25, 0.3) is 0 Å². The fraction of sp³-hybridized carbons (Fsp3) is 0.500. The third kappa shape index (κ3) is 1.98. The molecule has 0 bridgehead atoms. The van der Waals surface area contributed by atoms with E-state index in [1.54, 1.807) is 27.2 Å². The molecule has 72 valence electrons. The van der Waals surface area contributed by atoms with Crippen LogP contribution in [0, 0.1) is 5.92 Å². The zero-order chi connectivity index (χ0) is 9.84. The Kier molecular flexibility index (Phi) is 3.25. The molecule has 1 rings (SSSR count). The number of carbonyl (C=O) groups excluding carboxylic acids is 1. The maximum Gasteiger partial charge on any atom is 0.143 e. The summed E-state index contributed by atoms with van der Waals surface area (Å²) in [7, 11) is 3.15. The fourth-order valence-electron chi connectivity index (χ4n) is 1.48. The van der Waals surface area contributed by atoms with Crippen molar-refractivity contribution in [2.45, 2.75) is 13.0 Å². The molecule has 0 saturated heterocycles. The molecule has 0 N–H and O–H groups in total. The van der Waals surface area contributed by atoms with Crippen LogP contribution in [0.1, 0.15) is 6.92 Å². The number of rotatable bonds is 3. The van der Waals surface area contributed by atoms with Gasteiger partial charge in [-0.1, -0.05) is 12.2 Å². The van der Waals surface area contributed by atoms with Gasteiger partial charge in [0.15, 0.2) is 0 Å². The highest BCUT2D eigenvalue weighted by atomic mass is 16.5. The van der Waals surface area contributed by atoms with E-state index in [0.717, 1.165) is 0 Å². The molecule has 0 aromatic rings. The van der Waals surface area contributed by atoms with Gasteiger partial charge in [0.2, 0.25) is 0 Å². The van der Waals surface area contributed by atoms with Gasteiger partial charge in [0.05, 0.1) is 13.2 Å². The molecule has 0 aromatic heterocycles. The first-order valence-electron chi connectivity index (χ1n) is 4.16. The number of carbonyl (C=O) groups is 1. The molecular formula is C10H14O3. The Labute approximate surface area is 78.0 Å². The molecule has 0 spiro atoms. The molecule has 0 amide bonds. The number of allylic oxidation sites excluding steroid dienone is 2. The van der Waals surface area contributed by atoms with E-state index in [4.69, 9.17) is 9.47 Å². The Morgan fingerprint density at radius 2 is 2.15 bits per heavy atom. The van der Waals surface area contributed by atoms with E-state index in [-0.39, 0.29) is 17.8 Å². The summed E-state index contributed by atoms with van der Waals surface area (Å²) in [5, 5.41) is 0. The van der Waals surface area contributed by atoms with Crippen molar-refractivity contribution in [3.8, 4) is 0 Å². The second kappa shape index (κ2) is 4.23. The van der Waals surface area contributed by atoms with Gasteiger partial charge in [-0.05, 0) is 13.0 Å². The lowest BCUT2D eigenvalue weighted by molar-refractivity contribution is -0.123. The van der Waals surface area contributed by atoms with Crippen LogP contribution in [0.2, 0.25) is 0 Å². The van der Waals surface area contributed by atoms with Crippen molar-refractivity contribution in [2.24, 2.45) is 5.92 Å². The largest absolute Gasteiger partial charge is 0.500 e. The average molecular weight is 182 g/mol. The Balaban J connectivity index is 2.89. The molecule has 0 heterocycles. The molecule has 0 saturated carbocycles. The first-order chi connectivity index (χ1) is 6.20. The van der Waals surface area contributed by atoms with E-state index in [2.05, 4.69) is 0 Å². The SMILES string of the molecule is COC1=CC=CC(OC)C1C(C)=O. The summed E-state index contributed by atoms with van der Waals surface area (Å²) in [5.74, 6) is 0.436. The van der Waals surface area contributed by atoms with Crippen LogP contribution in [0.5, 0.6) is 0 Å². The molecule has 0 radical (unpaired) electrons. The molecule has 3 heteroatoms. The van der Waals surface area contributed by atoms with Gasteiger partial charge in [0, 0.05) is 7.11 Å². The molecule has 0 fully saturated rings. The van der Waals surface area contributed by atoms with Crippen molar-refractivity contribution in [1.82, 2.24) is 0 Å². The number of ketones is 1. The van der Waals surface area contributed by atoms with Crippen molar-refractivity contribution in [1.29, 1.82) is 0 Å². The molecular weight excluding hydrogens is 168 g/mol. The lowest BCUT2D eigenvalue weighted by Gasteiger charge is -2.25. The van der Waals surface area contributed by atoms with Crippen LogP contribution >= 0.6 is 0 Å². The average Bonchev–Trinajstić information content (AvgIpc) is 2.16. The van der Waals surface area contributed by atoms with Gasteiger partial charge in [0.1, 0.15) is 17.5 Å². The van der Waals surface area contributed by atoms with Crippen LogP contribution in [-0.2, 0) is 14.3 Å². The molecule has 3 nitrogen and oxygen atoms in total. The van der Waals surface area contributed by atoms with E-state index in [9.17, 15) is 4.79 Å². The summed E-state index contributed by atoms with van der Waals surface area (Å²) in [6.07, 6.45) is 5.29. The van der Waals surface area contributed by atoms with Gasteiger partial charge in [-0.25, -0.2) is 0 Å². The van der Waals surface area contributed by atoms with Crippen LogP contribution in [-0.4, -0.2) is 26.1 Å². The van der Waals surface area contributed by atoms with Crippen molar-refractivity contribution in [3.05, 3.63) is 24.0 Å². The zero-order valence-electron chi connectivity index (χ0n) is 8.11. The Morgan fingerprint density at radius 3 is 2.62 bits per heavy atom. The summed E-state index contributed by atoms with van der Waals surface area (Å²) < 4.78 is 10.3. The van der Waals surface area contributed by atoms with Gasteiger partial charge in [-0.15, -0.1) is 0 Å². The third-order valence-electron chi connectivity index (χ3n) is 2.14. The lowest BCUT2D eigenvalue weighted by atomic mass is 9.92. The Hall–Kier alpha value is -1.09. The smallest absolute Gasteiger partial charge is 0.143 e. The second-order valence-corrected chi connectivity index (χ2v) is 2.95. The zero-order valence-corrected chi connectivity index (χ0v) is 8.11. The number of ether oxygens (including phenoxy) is 2. The predicted octanol–water partition coefficient (Wildman–Crippen LogP) is 1.31. The van der Waals surface area contributed by atoms with Gasteiger partial charge in [-0.3, -0.25) is 4.79 Å². The Bertz CT molecular complexity index is 253. The highest BCUT2D eigenvalue weighted by Gasteiger charge is 2.30. The Morgan fingerprint density at radius 1 is 1.46 bits per heavy atom. The summed E-state index contributed by atoms with van der Waals surface area (Å²) in [6, 6.07) is 0. The third-order valence-corrected chi connectivity index (χ3v) is 2.14. The van der Waals surface area contributed by atoms with E-state index >= 15 is 0 Å². The van der Waals surface area contributed by atoms with Crippen molar-refractivity contribution >= 4 is 5.78 Å². The molecule has 13 heavy (non-hydrogen) atoms. The van der Waals surface area contributed by atoms with Crippen LogP contribution in [0.4, 0.5) is 0 Å². The quantitative estimate of drug-likeness (QED) is 0.660. The van der Waals surface area contributed by atoms with Crippen molar-refractivity contribution < 1.29 is 14.3 Å². The highest BCUT2D eigenvalue weighted by molar-refractivity contribution is 5.82. The standard InChI is InChI=1S/C10H14O3/c1-7(11)10-8(12-2)5-4-6-9(10)13-3/h4-6,8,10H,1-3H3. The van der Waals surface area contributed by atoms with Crippen LogP contribution in [0.25, 0.3) is 0 Å². The molecule has 2 atom stereocenters. The van der Waals surface area contributed by atoms with Gasteiger partial charge >= 0.3 is 0 Å². The minimum Gasteiger partial charge on any atom is -0.500 e. The van der Waals surface area contributed by atoms with E-state index in [1.807, 2.05) is 12.2 Å². The molecule has 2 unspecified atom stereocenters. The molecule has 0 aromatic carbocycles. The summed E-state index contributed by atoms with van der Waals surface area (Å²) >= 11 is 0. The first kappa shape index (κ1) is 9.99. The van der Waals surface area contributed by atoms with Crippen LogP contribution < -0.4 is 0 Å². The maximum atomic E-state index is 11.3. The lowest BCUT2D eigenvalue weighted by Crippen LogP contribution is -2.30. The van der Waals surface area contributed by atoms with Gasteiger partial charge < -0.3 is 9.47 Å². The number of hydrogen-bond donors (Lipinski definition) is 0. The topological polar surface area (TPSA) is 35.5 Å². The maximum absolute atomic E-state index is 11.3. The number of hydrogen-bond acceptors (Lipinski definition) is 3. The van der Waals surface area contributed by atoms with E-state index in [1.165, 1.54) is 0 Å². The summed E-state index contributed by atoms with van der Waals surface area (Å²) in [6.45, 7) is 1.54. The number of methoxy groups -OCH3 is 2. The predicted molar refractivity (Wildman–Crippen MR) is 49.2 cm³/mol. The molecule has 1 aliphatic carbocycles. The van der Waals surface area contributed by atoms with E-state index < -0.39 is 0 Å². The second-order valence-electron chi connectivity index (χ2n) is 2.95. The summed E-state index contributed by atoms with van der Waals surface area (Å²) in [5.41, 5.74) is 0. The van der Waals surface area contributed by atoms with E-state index in [0.29, 0.717) is 5.76 Å². The minimum absolute atomic E-state index is 0.0595. The van der Waals surface area contributed by atoms with Crippen molar-refractivity contribution in [2.75, 3.05) is 14.2 Å². The summed E-state index contributed by atoms with van der Waals surface area (Å²) in [4.78, 5) is 11.3. The first-order valence-corrected chi connectivity index (χ1v) is 4.16. The normalized spacial score (nSPS) is 26.8. The fourth-order valence-corrected chi connectivity index (χ4v) is 1.48. The highest BCUT2D eigenvalue weighted by Crippen LogP contribution is 2.24. The molecule has 0 aliphatic heterocycles. The minimum atomic E-state index is -0.292.